The highest BCUT2D eigenvalue weighted by Crippen LogP contribution is 2.22. The Balaban J connectivity index is 2.90. The number of amides is 1. The molecule has 0 bridgehead atoms. The van der Waals surface area contributed by atoms with Crippen molar-refractivity contribution in [3.63, 3.8) is 0 Å². The summed E-state index contributed by atoms with van der Waals surface area (Å²) in [5.41, 5.74) is 0.103. The van der Waals surface area contributed by atoms with Gasteiger partial charge in [0.25, 0.3) is 0 Å². The molecule has 110 valence electrons. The van der Waals surface area contributed by atoms with Gasteiger partial charge in [0, 0.05) is 0 Å². The second-order valence-corrected chi connectivity index (χ2v) is 5.66. The molecule has 0 spiro atoms. The first-order valence-corrected chi connectivity index (χ1v) is 6.48. The Morgan fingerprint density at radius 1 is 1.20 bits per heavy atom. The number of hydrogen-bond acceptors (Lipinski definition) is 3. The number of rotatable bonds is 4. The minimum Gasteiger partial charge on any atom is -0.481 e. The molecule has 0 aliphatic carbocycles. The summed E-state index contributed by atoms with van der Waals surface area (Å²) in [5.74, 6) is -1.74. The molecule has 0 heterocycles. The number of carboxylic acids is 1. The minimum atomic E-state index is -0.977. The Kier molecular flexibility index (Phi) is 5.13. The van der Waals surface area contributed by atoms with Gasteiger partial charge in [0.05, 0.1) is 12.0 Å². The van der Waals surface area contributed by atoms with Crippen LogP contribution in [0.5, 0.6) is 0 Å². The lowest BCUT2D eigenvalue weighted by molar-refractivity contribution is -0.142. The Bertz CT molecular complexity index is 465. The predicted octanol–water partition coefficient (Wildman–Crippen LogP) is 2.97. The zero-order valence-electron chi connectivity index (χ0n) is 12.2. The van der Waals surface area contributed by atoms with Crippen LogP contribution in [0.15, 0.2) is 30.3 Å². The summed E-state index contributed by atoms with van der Waals surface area (Å²) in [6.07, 6.45) is -0.626. The highest BCUT2D eigenvalue weighted by Gasteiger charge is 2.28. The van der Waals surface area contributed by atoms with Crippen LogP contribution < -0.4 is 5.32 Å². The maximum absolute atomic E-state index is 11.8. The van der Waals surface area contributed by atoms with Gasteiger partial charge in [-0.05, 0) is 33.3 Å². The molecule has 0 aliphatic rings. The highest BCUT2D eigenvalue weighted by molar-refractivity contribution is 5.74. The van der Waals surface area contributed by atoms with E-state index >= 15 is 0 Å². The van der Waals surface area contributed by atoms with Crippen molar-refractivity contribution in [2.45, 2.75) is 39.3 Å². The fraction of sp³-hybridized carbons (Fsp3) is 0.467. The van der Waals surface area contributed by atoms with Crippen LogP contribution >= 0.6 is 0 Å². The van der Waals surface area contributed by atoms with Crippen molar-refractivity contribution in [2.24, 2.45) is 5.92 Å². The number of carbonyl (C=O) groups excluding carboxylic acids is 1. The number of carboxylic acid groups (broad SMARTS) is 1. The van der Waals surface area contributed by atoms with E-state index in [-0.39, 0.29) is 0 Å². The van der Waals surface area contributed by atoms with E-state index in [4.69, 9.17) is 9.84 Å². The number of aliphatic carboxylic acids is 1. The van der Waals surface area contributed by atoms with Gasteiger partial charge in [0.1, 0.15) is 5.60 Å². The maximum Gasteiger partial charge on any atom is 0.408 e. The first-order valence-electron chi connectivity index (χ1n) is 6.48. The van der Waals surface area contributed by atoms with Crippen molar-refractivity contribution in [1.29, 1.82) is 0 Å². The van der Waals surface area contributed by atoms with E-state index in [0.717, 1.165) is 5.56 Å². The van der Waals surface area contributed by atoms with Gasteiger partial charge < -0.3 is 15.2 Å². The number of nitrogens with one attached hydrogen (secondary N) is 1. The highest BCUT2D eigenvalue weighted by atomic mass is 16.6. The summed E-state index contributed by atoms with van der Waals surface area (Å²) in [4.78, 5) is 23.0. The third-order valence-corrected chi connectivity index (χ3v) is 2.72. The first kappa shape index (κ1) is 16.0. The summed E-state index contributed by atoms with van der Waals surface area (Å²) in [5, 5.41) is 11.8. The van der Waals surface area contributed by atoms with Crippen LogP contribution in [0.2, 0.25) is 0 Å². The van der Waals surface area contributed by atoms with Crippen LogP contribution in [-0.4, -0.2) is 22.8 Å². The molecule has 0 fully saturated rings. The van der Waals surface area contributed by atoms with Crippen molar-refractivity contribution in [3.05, 3.63) is 35.9 Å². The Morgan fingerprint density at radius 3 is 2.20 bits per heavy atom. The first-order chi connectivity index (χ1) is 9.20. The smallest absolute Gasteiger partial charge is 0.408 e. The molecular formula is C15H21NO4. The molecule has 5 heteroatoms. The third-order valence-electron chi connectivity index (χ3n) is 2.72. The van der Waals surface area contributed by atoms with Crippen LogP contribution in [0.3, 0.4) is 0 Å². The molecule has 20 heavy (non-hydrogen) atoms. The Morgan fingerprint density at radius 2 is 1.75 bits per heavy atom. The van der Waals surface area contributed by atoms with Gasteiger partial charge in [-0.1, -0.05) is 30.3 Å². The molecule has 5 nitrogen and oxygen atoms in total. The molecule has 2 N–H and O–H groups in total. The van der Waals surface area contributed by atoms with Gasteiger partial charge in [-0.15, -0.1) is 0 Å². The van der Waals surface area contributed by atoms with Crippen molar-refractivity contribution >= 4 is 12.1 Å². The molecule has 0 radical (unpaired) electrons. The van der Waals surface area contributed by atoms with Gasteiger partial charge in [0.2, 0.25) is 0 Å². The Labute approximate surface area is 118 Å². The van der Waals surface area contributed by atoms with E-state index < -0.39 is 29.6 Å². The minimum absolute atomic E-state index is 0.626. The van der Waals surface area contributed by atoms with E-state index in [1.807, 2.05) is 6.07 Å². The van der Waals surface area contributed by atoms with E-state index in [1.165, 1.54) is 0 Å². The molecule has 1 amide bonds. The SMILES string of the molecule is C[C@H](C(=O)O)[C@H](NC(=O)OC(C)(C)C)c1ccccc1. The predicted molar refractivity (Wildman–Crippen MR) is 75.4 cm³/mol. The van der Waals surface area contributed by atoms with E-state index in [0.29, 0.717) is 0 Å². The average molecular weight is 279 g/mol. The lowest BCUT2D eigenvalue weighted by atomic mass is 9.95. The molecule has 0 aliphatic heterocycles. The van der Waals surface area contributed by atoms with Crippen LogP contribution in [0.25, 0.3) is 0 Å². The number of alkyl carbamates (subject to hydrolysis) is 1. The third kappa shape index (κ3) is 4.91. The molecule has 0 aromatic heterocycles. The van der Waals surface area contributed by atoms with Crippen molar-refractivity contribution in [1.82, 2.24) is 5.32 Å². The Hall–Kier alpha value is -2.04. The second-order valence-electron chi connectivity index (χ2n) is 5.66. The lowest BCUT2D eigenvalue weighted by Crippen LogP contribution is -2.39. The molecular weight excluding hydrogens is 258 g/mol. The zero-order chi connectivity index (χ0) is 15.3. The van der Waals surface area contributed by atoms with Crippen molar-refractivity contribution in [3.8, 4) is 0 Å². The van der Waals surface area contributed by atoms with E-state index in [2.05, 4.69) is 5.32 Å². The molecule has 0 saturated heterocycles. The average Bonchev–Trinajstić information content (AvgIpc) is 2.34. The molecule has 1 rings (SSSR count). The van der Waals surface area contributed by atoms with Crippen LogP contribution in [0.4, 0.5) is 4.79 Å². The summed E-state index contributed by atoms with van der Waals surface area (Å²) in [6.45, 7) is 6.82. The van der Waals surface area contributed by atoms with Gasteiger partial charge in [-0.2, -0.15) is 0 Å². The summed E-state index contributed by atoms with van der Waals surface area (Å²) >= 11 is 0. The molecule has 2 atom stereocenters. The fourth-order valence-electron chi connectivity index (χ4n) is 1.73. The lowest BCUT2D eigenvalue weighted by Gasteiger charge is -2.26. The fourth-order valence-corrected chi connectivity index (χ4v) is 1.73. The maximum atomic E-state index is 11.8. The van der Waals surface area contributed by atoms with Gasteiger partial charge in [0.15, 0.2) is 0 Å². The topological polar surface area (TPSA) is 75.6 Å². The van der Waals surface area contributed by atoms with E-state index in [9.17, 15) is 9.59 Å². The monoisotopic (exact) mass is 279 g/mol. The number of benzene rings is 1. The molecule has 1 aromatic carbocycles. The van der Waals surface area contributed by atoms with Gasteiger partial charge in [-0.3, -0.25) is 4.79 Å². The largest absolute Gasteiger partial charge is 0.481 e. The van der Waals surface area contributed by atoms with Crippen molar-refractivity contribution < 1.29 is 19.4 Å². The van der Waals surface area contributed by atoms with Crippen LogP contribution in [0, 0.1) is 5.92 Å². The number of ether oxygens (including phenoxy) is 1. The summed E-state index contributed by atoms with van der Waals surface area (Å²) in [7, 11) is 0. The molecule has 0 unspecified atom stereocenters. The summed E-state index contributed by atoms with van der Waals surface area (Å²) in [6, 6.07) is 8.35. The van der Waals surface area contributed by atoms with Crippen LogP contribution in [0.1, 0.15) is 39.3 Å². The van der Waals surface area contributed by atoms with Crippen LogP contribution in [-0.2, 0) is 9.53 Å². The summed E-state index contributed by atoms with van der Waals surface area (Å²) < 4.78 is 5.18. The number of carbonyl (C=O) groups is 2. The quantitative estimate of drug-likeness (QED) is 0.888. The second kappa shape index (κ2) is 6.41. The van der Waals surface area contributed by atoms with Gasteiger partial charge >= 0.3 is 12.1 Å². The zero-order valence-corrected chi connectivity index (χ0v) is 12.2. The standard InChI is InChI=1S/C15H21NO4/c1-10(13(17)18)12(11-8-6-5-7-9-11)16-14(19)20-15(2,3)4/h5-10,12H,1-4H3,(H,16,19)(H,17,18)/t10-,12-/m0/s1. The molecule has 1 aromatic rings. The molecule has 0 saturated carbocycles. The van der Waals surface area contributed by atoms with E-state index in [1.54, 1.807) is 52.0 Å². The number of hydrogen-bond donors (Lipinski definition) is 2. The van der Waals surface area contributed by atoms with Crippen molar-refractivity contribution in [2.75, 3.05) is 0 Å². The van der Waals surface area contributed by atoms with Gasteiger partial charge in [-0.25, -0.2) is 4.79 Å². The normalized spacial score (nSPS) is 14.2.